The van der Waals surface area contributed by atoms with Gasteiger partial charge in [-0.25, -0.2) is 9.37 Å². The van der Waals surface area contributed by atoms with E-state index in [0.717, 1.165) is 0 Å². The molecule has 1 N–H and O–H groups in total. The number of nitrogens with one attached hydrogen (secondary N) is 1. The van der Waals surface area contributed by atoms with E-state index in [0.29, 0.717) is 21.4 Å². The van der Waals surface area contributed by atoms with Gasteiger partial charge in [0.05, 0.1) is 11.9 Å². The molecule has 2 heterocycles. The molecule has 0 unspecified atom stereocenters. The fourth-order valence-electron chi connectivity index (χ4n) is 1.68. The number of aromatic nitrogens is 2. The molecule has 5 heteroatoms. The van der Waals surface area contributed by atoms with Crippen LogP contribution in [0.5, 0.6) is 0 Å². The van der Waals surface area contributed by atoms with Crippen molar-refractivity contribution in [3.05, 3.63) is 47.2 Å². The first-order valence-electron chi connectivity index (χ1n) is 4.97. The number of aromatic amines is 1. The zero-order valence-electron chi connectivity index (χ0n) is 8.61. The predicted octanol–water partition coefficient (Wildman–Crippen LogP) is 3.69. The third-order valence-corrected chi connectivity index (χ3v) is 2.82. The van der Waals surface area contributed by atoms with Gasteiger partial charge in [0.15, 0.2) is 11.4 Å². The van der Waals surface area contributed by atoms with Gasteiger partial charge in [0.25, 0.3) is 0 Å². The van der Waals surface area contributed by atoms with Crippen LogP contribution in [0, 0.1) is 10.5 Å². The van der Waals surface area contributed by atoms with Gasteiger partial charge >= 0.3 is 0 Å². The highest BCUT2D eigenvalue weighted by Crippen LogP contribution is 2.28. The van der Waals surface area contributed by atoms with E-state index >= 15 is 0 Å². The van der Waals surface area contributed by atoms with Crippen molar-refractivity contribution in [2.75, 3.05) is 0 Å². The molecule has 0 bridgehead atoms. The Kier molecular flexibility index (Phi) is 2.26. The number of fused-ring (bicyclic) bond motifs is 1. The Balaban J connectivity index is 2.30. The predicted molar refractivity (Wildman–Crippen MR) is 64.6 cm³/mol. The van der Waals surface area contributed by atoms with Crippen molar-refractivity contribution in [2.24, 2.45) is 0 Å². The Morgan fingerprint density at radius 3 is 3.00 bits per heavy atom. The zero-order valence-corrected chi connectivity index (χ0v) is 9.42. The van der Waals surface area contributed by atoms with Gasteiger partial charge < -0.3 is 9.40 Å². The second-order valence-electron chi connectivity index (χ2n) is 3.56. The molecule has 1 aromatic carbocycles. The number of furan rings is 1. The normalized spacial score (nSPS) is 10.9. The number of para-hydroxylation sites is 1. The Labute approximate surface area is 101 Å². The van der Waals surface area contributed by atoms with Crippen LogP contribution in [0.1, 0.15) is 0 Å². The molecule has 0 aliphatic heterocycles. The van der Waals surface area contributed by atoms with E-state index < -0.39 is 0 Å². The third kappa shape index (κ3) is 1.64. The Morgan fingerprint density at radius 2 is 2.24 bits per heavy atom. The topological polar surface area (TPSA) is 41.8 Å². The van der Waals surface area contributed by atoms with E-state index in [4.69, 9.17) is 16.6 Å². The fraction of sp³-hybridized carbons (Fsp3) is 0. The van der Waals surface area contributed by atoms with Gasteiger partial charge in [-0.05, 0) is 12.1 Å². The Bertz CT molecular complexity index is 747. The van der Waals surface area contributed by atoms with Crippen LogP contribution in [0.2, 0.25) is 0 Å². The van der Waals surface area contributed by atoms with Crippen molar-refractivity contribution >= 4 is 23.2 Å². The van der Waals surface area contributed by atoms with E-state index in [2.05, 4.69) is 9.97 Å². The minimum atomic E-state index is -0.382. The molecule has 0 saturated heterocycles. The molecule has 0 atom stereocenters. The average molecular weight is 246 g/mol. The van der Waals surface area contributed by atoms with Crippen LogP contribution in [0.15, 0.2) is 41.2 Å². The number of H-pyrrole nitrogens is 1. The lowest BCUT2D eigenvalue weighted by Crippen LogP contribution is -1.82. The van der Waals surface area contributed by atoms with Crippen LogP contribution in [-0.4, -0.2) is 9.97 Å². The summed E-state index contributed by atoms with van der Waals surface area (Å²) in [4.78, 5) is 6.75. The van der Waals surface area contributed by atoms with Gasteiger partial charge in [-0.2, -0.15) is 0 Å². The van der Waals surface area contributed by atoms with E-state index in [1.165, 1.54) is 12.4 Å². The molecule has 0 radical (unpaired) electrons. The summed E-state index contributed by atoms with van der Waals surface area (Å²) in [6.07, 6.45) is 3.09. The standard InChI is InChI=1S/C12H7FN2OS/c13-9-3-1-2-7-4-10(16-11(7)9)8-5-14-6-15-12(8)17/h1-6H,(H,14,15,17). The highest BCUT2D eigenvalue weighted by Gasteiger charge is 2.10. The van der Waals surface area contributed by atoms with Crippen molar-refractivity contribution in [1.29, 1.82) is 0 Å². The maximum Gasteiger partial charge on any atom is 0.170 e. The maximum atomic E-state index is 13.5. The summed E-state index contributed by atoms with van der Waals surface area (Å²) in [7, 11) is 0. The van der Waals surface area contributed by atoms with Gasteiger partial charge in [0, 0.05) is 11.6 Å². The summed E-state index contributed by atoms with van der Waals surface area (Å²) >= 11 is 5.12. The van der Waals surface area contributed by atoms with Crippen LogP contribution in [0.4, 0.5) is 4.39 Å². The van der Waals surface area contributed by atoms with E-state index in [9.17, 15) is 4.39 Å². The summed E-state index contributed by atoms with van der Waals surface area (Å²) in [6.45, 7) is 0. The summed E-state index contributed by atoms with van der Waals surface area (Å²) in [6, 6.07) is 6.54. The quantitative estimate of drug-likeness (QED) is 0.666. The number of hydrogen-bond acceptors (Lipinski definition) is 3. The molecule has 0 amide bonds. The molecule has 0 aliphatic rings. The number of nitrogens with zero attached hydrogens (tertiary/aromatic N) is 1. The largest absolute Gasteiger partial charge is 0.453 e. The molecule has 0 saturated carbocycles. The second kappa shape index (κ2) is 3.78. The lowest BCUT2D eigenvalue weighted by atomic mass is 10.2. The molecule has 84 valence electrons. The molecule has 3 nitrogen and oxygen atoms in total. The summed E-state index contributed by atoms with van der Waals surface area (Å²) < 4.78 is 19.5. The van der Waals surface area contributed by atoms with E-state index in [1.807, 2.05) is 0 Å². The fourth-order valence-corrected chi connectivity index (χ4v) is 1.89. The molecule has 0 spiro atoms. The van der Waals surface area contributed by atoms with E-state index in [-0.39, 0.29) is 11.4 Å². The molecular weight excluding hydrogens is 239 g/mol. The van der Waals surface area contributed by atoms with Crippen molar-refractivity contribution in [3.63, 3.8) is 0 Å². The third-order valence-electron chi connectivity index (χ3n) is 2.48. The summed E-state index contributed by atoms with van der Waals surface area (Å²) in [5.74, 6) is 0.131. The highest BCUT2D eigenvalue weighted by atomic mass is 32.1. The number of halogens is 1. The molecule has 0 aliphatic carbocycles. The summed E-state index contributed by atoms with van der Waals surface area (Å²) in [5, 5.41) is 0.707. The van der Waals surface area contributed by atoms with Crippen LogP contribution in [0.25, 0.3) is 22.3 Å². The Morgan fingerprint density at radius 1 is 1.35 bits per heavy atom. The van der Waals surface area contributed by atoms with Crippen molar-refractivity contribution < 1.29 is 8.81 Å². The lowest BCUT2D eigenvalue weighted by Gasteiger charge is -1.94. The molecule has 0 fully saturated rings. The van der Waals surface area contributed by atoms with Crippen molar-refractivity contribution in [1.82, 2.24) is 9.97 Å². The number of rotatable bonds is 1. The van der Waals surface area contributed by atoms with Gasteiger partial charge in [-0.3, -0.25) is 0 Å². The molecular formula is C12H7FN2OS. The van der Waals surface area contributed by atoms with Crippen molar-refractivity contribution in [3.8, 4) is 11.3 Å². The monoisotopic (exact) mass is 246 g/mol. The first-order chi connectivity index (χ1) is 8.25. The maximum absolute atomic E-state index is 13.5. The zero-order chi connectivity index (χ0) is 11.8. The minimum Gasteiger partial charge on any atom is -0.453 e. The van der Waals surface area contributed by atoms with Crippen LogP contribution >= 0.6 is 12.2 Å². The number of hydrogen-bond donors (Lipinski definition) is 1. The Hall–Kier alpha value is -2.01. The van der Waals surface area contributed by atoms with E-state index in [1.54, 1.807) is 24.4 Å². The van der Waals surface area contributed by atoms with Gasteiger partial charge in [-0.1, -0.05) is 24.4 Å². The molecule has 2 aromatic heterocycles. The van der Waals surface area contributed by atoms with Gasteiger partial charge in [0.2, 0.25) is 0 Å². The second-order valence-corrected chi connectivity index (χ2v) is 3.97. The van der Waals surface area contributed by atoms with Crippen LogP contribution in [0.3, 0.4) is 0 Å². The smallest absolute Gasteiger partial charge is 0.170 e. The number of benzene rings is 1. The van der Waals surface area contributed by atoms with Crippen LogP contribution < -0.4 is 0 Å². The average Bonchev–Trinajstić information content (AvgIpc) is 2.75. The summed E-state index contributed by atoms with van der Waals surface area (Å²) in [5.41, 5.74) is 0.888. The van der Waals surface area contributed by atoms with Crippen LogP contribution in [-0.2, 0) is 0 Å². The lowest BCUT2D eigenvalue weighted by molar-refractivity contribution is 0.568. The SMILES string of the molecule is Fc1cccc2cc(-c3cnc[nH]c3=S)oc12. The highest BCUT2D eigenvalue weighted by molar-refractivity contribution is 7.71. The molecule has 3 aromatic rings. The molecule has 3 rings (SSSR count). The van der Waals surface area contributed by atoms with Gasteiger partial charge in [-0.15, -0.1) is 0 Å². The minimum absolute atomic E-state index is 0.237. The molecule has 17 heavy (non-hydrogen) atoms. The van der Waals surface area contributed by atoms with Gasteiger partial charge in [0.1, 0.15) is 10.4 Å². The first-order valence-corrected chi connectivity index (χ1v) is 5.37. The first kappa shape index (κ1) is 10.2. The van der Waals surface area contributed by atoms with Crippen molar-refractivity contribution in [2.45, 2.75) is 0 Å².